The van der Waals surface area contributed by atoms with Crippen molar-refractivity contribution in [3.8, 4) is 0 Å². The second-order valence-corrected chi connectivity index (χ2v) is 6.24. The van der Waals surface area contributed by atoms with Crippen LogP contribution in [0.4, 0.5) is 0 Å². The fourth-order valence-corrected chi connectivity index (χ4v) is 4.26. The van der Waals surface area contributed by atoms with Gasteiger partial charge in [-0.25, -0.2) is 0 Å². The molecule has 102 valence electrons. The first-order valence-corrected chi connectivity index (χ1v) is 7.84. The highest BCUT2D eigenvalue weighted by atomic mass is 16.2. The number of nitrogens with one attached hydrogen (secondary N) is 1. The summed E-state index contributed by atoms with van der Waals surface area (Å²) in [5, 5.41) is 3.39. The van der Waals surface area contributed by atoms with Gasteiger partial charge in [0.25, 0.3) is 0 Å². The van der Waals surface area contributed by atoms with Crippen molar-refractivity contribution in [3.05, 3.63) is 0 Å². The molecule has 1 heterocycles. The summed E-state index contributed by atoms with van der Waals surface area (Å²) in [5.74, 6) is 2.40. The highest BCUT2D eigenvalue weighted by Gasteiger charge is 2.56. The topological polar surface area (TPSA) is 32.3 Å². The molecule has 0 spiro atoms. The van der Waals surface area contributed by atoms with Crippen molar-refractivity contribution in [2.75, 3.05) is 19.6 Å². The zero-order valence-corrected chi connectivity index (χ0v) is 11.5. The number of carbonyl (C=O) groups excluding carboxylic acids is 1. The first-order valence-electron chi connectivity index (χ1n) is 7.84. The Morgan fingerprint density at radius 3 is 2.28 bits per heavy atom. The third-order valence-corrected chi connectivity index (χ3v) is 5.31. The van der Waals surface area contributed by atoms with E-state index in [0.717, 1.165) is 44.3 Å². The molecule has 3 rings (SSSR count). The van der Waals surface area contributed by atoms with E-state index in [-0.39, 0.29) is 0 Å². The van der Waals surface area contributed by atoms with Gasteiger partial charge in [0, 0.05) is 18.5 Å². The lowest BCUT2D eigenvalue weighted by molar-refractivity contribution is -0.135. The zero-order chi connectivity index (χ0) is 12.5. The van der Waals surface area contributed by atoms with E-state index in [4.69, 9.17) is 0 Å². The molecular formula is C15H26N2O. The summed E-state index contributed by atoms with van der Waals surface area (Å²) in [6.45, 7) is 5.20. The van der Waals surface area contributed by atoms with Gasteiger partial charge in [0.2, 0.25) is 5.91 Å². The Hall–Kier alpha value is -0.570. The van der Waals surface area contributed by atoms with Gasteiger partial charge >= 0.3 is 0 Å². The van der Waals surface area contributed by atoms with Crippen molar-refractivity contribution >= 4 is 5.91 Å². The van der Waals surface area contributed by atoms with E-state index in [1.165, 1.54) is 25.7 Å². The van der Waals surface area contributed by atoms with Crippen LogP contribution in [0.15, 0.2) is 0 Å². The monoisotopic (exact) mass is 250 g/mol. The molecule has 2 saturated carbocycles. The van der Waals surface area contributed by atoms with Gasteiger partial charge in [0.15, 0.2) is 0 Å². The van der Waals surface area contributed by atoms with Crippen LogP contribution >= 0.6 is 0 Å². The quantitative estimate of drug-likeness (QED) is 0.831. The van der Waals surface area contributed by atoms with Crippen LogP contribution in [0.5, 0.6) is 0 Å². The van der Waals surface area contributed by atoms with Crippen molar-refractivity contribution in [1.29, 1.82) is 0 Å². The lowest BCUT2D eigenvalue weighted by Gasteiger charge is -2.34. The first kappa shape index (κ1) is 12.5. The molecule has 1 amide bonds. The summed E-state index contributed by atoms with van der Waals surface area (Å²) < 4.78 is 0. The Kier molecular flexibility index (Phi) is 3.60. The van der Waals surface area contributed by atoms with Crippen LogP contribution in [0.3, 0.4) is 0 Å². The van der Waals surface area contributed by atoms with E-state index in [9.17, 15) is 4.79 Å². The fraction of sp³-hybridized carbons (Fsp3) is 0.933. The first-order chi connectivity index (χ1) is 8.83. The molecule has 0 radical (unpaired) electrons. The third-order valence-electron chi connectivity index (χ3n) is 5.31. The van der Waals surface area contributed by atoms with Crippen LogP contribution < -0.4 is 5.32 Å². The van der Waals surface area contributed by atoms with Crippen molar-refractivity contribution in [2.45, 2.75) is 51.5 Å². The second-order valence-electron chi connectivity index (χ2n) is 6.24. The molecular weight excluding hydrogens is 224 g/mol. The summed E-state index contributed by atoms with van der Waals surface area (Å²) in [7, 11) is 0. The highest BCUT2D eigenvalue weighted by molar-refractivity contribution is 5.82. The van der Waals surface area contributed by atoms with Crippen LogP contribution in [0.1, 0.15) is 45.4 Å². The minimum atomic E-state index is 0.405. The lowest BCUT2D eigenvalue weighted by atomic mass is 10.0. The summed E-state index contributed by atoms with van der Waals surface area (Å²) in [6, 6.07) is 0.506. The molecule has 18 heavy (non-hydrogen) atoms. The number of amides is 1. The molecule has 1 aliphatic heterocycles. The minimum absolute atomic E-state index is 0.405. The Morgan fingerprint density at radius 1 is 1.11 bits per heavy atom. The van der Waals surface area contributed by atoms with Gasteiger partial charge in [-0.3, -0.25) is 4.79 Å². The molecule has 1 N–H and O–H groups in total. The van der Waals surface area contributed by atoms with Crippen molar-refractivity contribution < 1.29 is 4.79 Å². The number of fused-ring (bicyclic) bond motifs is 1. The largest absolute Gasteiger partial charge is 0.340 e. The number of nitrogens with zero attached hydrogens (tertiary/aromatic N) is 1. The Balaban J connectivity index is 1.62. The normalized spacial score (nSPS) is 35.9. The van der Waals surface area contributed by atoms with Gasteiger partial charge in [-0.2, -0.15) is 0 Å². The average Bonchev–Trinajstić information content (AvgIpc) is 3.15. The maximum Gasteiger partial charge on any atom is 0.226 e. The van der Waals surface area contributed by atoms with E-state index in [0.29, 0.717) is 17.9 Å². The van der Waals surface area contributed by atoms with Gasteiger partial charge < -0.3 is 10.2 Å². The molecule has 3 nitrogen and oxygen atoms in total. The molecule has 2 atom stereocenters. The summed E-state index contributed by atoms with van der Waals surface area (Å²) in [4.78, 5) is 14.9. The summed E-state index contributed by atoms with van der Waals surface area (Å²) in [5.41, 5.74) is 0. The smallest absolute Gasteiger partial charge is 0.226 e. The number of piperidine rings is 1. The molecule has 0 aromatic carbocycles. The van der Waals surface area contributed by atoms with Crippen LogP contribution in [0.25, 0.3) is 0 Å². The highest BCUT2D eigenvalue weighted by Crippen LogP contribution is 2.56. The van der Waals surface area contributed by atoms with Gasteiger partial charge in [0.1, 0.15) is 0 Å². The number of rotatable bonds is 3. The average molecular weight is 250 g/mol. The molecule has 0 aromatic heterocycles. The Bertz CT molecular complexity index is 300. The number of hydrogen-bond acceptors (Lipinski definition) is 2. The standard InChI is InChI=1S/C15H26N2O/c1-2-17(11-7-9-16-10-8-11)15(18)14-12-5-3-4-6-13(12)14/h11-14,16H,2-10H2,1H3. The molecule has 3 heteroatoms. The predicted molar refractivity (Wildman–Crippen MR) is 72.2 cm³/mol. The van der Waals surface area contributed by atoms with E-state index in [1.54, 1.807) is 0 Å². The van der Waals surface area contributed by atoms with E-state index < -0.39 is 0 Å². The second kappa shape index (κ2) is 5.20. The van der Waals surface area contributed by atoms with Gasteiger partial charge in [-0.1, -0.05) is 12.8 Å². The molecule has 3 aliphatic rings. The molecule has 1 saturated heterocycles. The van der Waals surface area contributed by atoms with Crippen LogP contribution in [-0.2, 0) is 4.79 Å². The summed E-state index contributed by atoms with van der Waals surface area (Å²) in [6.07, 6.45) is 7.60. The Morgan fingerprint density at radius 2 is 1.72 bits per heavy atom. The zero-order valence-electron chi connectivity index (χ0n) is 11.5. The van der Waals surface area contributed by atoms with Crippen LogP contribution in [0.2, 0.25) is 0 Å². The predicted octanol–water partition coefficient (Wildman–Crippen LogP) is 2.02. The van der Waals surface area contributed by atoms with Gasteiger partial charge in [0.05, 0.1) is 0 Å². The van der Waals surface area contributed by atoms with Crippen molar-refractivity contribution in [1.82, 2.24) is 10.2 Å². The molecule has 2 aliphatic carbocycles. The minimum Gasteiger partial charge on any atom is -0.340 e. The SMILES string of the molecule is CCN(C(=O)C1C2CCCCC21)C1CCNCC1. The maximum atomic E-state index is 12.7. The molecule has 3 fully saturated rings. The lowest BCUT2D eigenvalue weighted by Crippen LogP contribution is -2.46. The van der Waals surface area contributed by atoms with E-state index in [1.807, 2.05) is 0 Å². The fourth-order valence-electron chi connectivity index (χ4n) is 4.26. The van der Waals surface area contributed by atoms with E-state index >= 15 is 0 Å². The van der Waals surface area contributed by atoms with Crippen LogP contribution in [0, 0.1) is 17.8 Å². The van der Waals surface area contributed by atoms with E-state index in [2.05, 4.69) is 17.1 Å². The Labute approximate surface area is 110 Å². The van der Waals surface area contributed by atoms with Crippen LogP contribution in [-0.4, -0.2) is 36.5 Å². The molecule has 0 bridgehead atoms. The van der Waals surface area contributed by atoms with Gasteiger partial charge in [-0.15, -0.1) is 0 Å². The number of carbonyl (C=O) groups is 1. The number of hydrogen-bond donors (Lipinski definition) is 1. The summed E-state index contributed by atoms with van der Waals surface area (Å²) >= 11 is 0. The third kappa shape index (κ3) is 2.18. The van der Waals surface area contributed by atoms with Gasteiger partial charge in [-0.05, 0) is 57.5 Å². The van der Waals surface area contributed by atoms with Crippen molar-refractivity contribution in [2.24, 2.45) is 17.8 Å². The molecule has 0 aromatic rings. The van der Waals surface area contributed by atoms with Crippen molar-refractivity contribution in [3.63, 3.8) is 0 Å². The molecule has 2 unspecified atom stereocenters. The maximum absolute atomic E-state index is 12.7.